The van der Waals surface area contributed by atoms with Crippen LogP contribution >= 0.6 is 0 Å². The van der Waals surface area contributed by atoms with E-state index in [2.05, 4.69) is 15.3 Å². The van der Waals surface area contributed by atoms with Gasteiger partial charge >= 0.3 is 0 Å². The zero-order chi connectivity index (χ0) is 12.7. The summed E-state index contributed by atoms with van der Waals surface area (Å²) >= 11 is 0. The summed E-state index contributed by atoms with van der Waals surface area (Å²) in [7, 11) is 1.77. The Kier molecular flexibility index (Phi) is 2.74. The number of rotatable bonds is 2. The van der Waals surface area contributed by atoms with E-state index < -0.39 is 0 Å². The summed E-state index contributed by atoms with van der Waals surface area (Å²) in [6.07, 6.45) is 4.02. The molecule has 3 fully saturated rings. The lowest BCUT2D eigenvalue weighted by Gasteiger charge is -2.44. The number of amides is 1. The minimum absolute atomic E-state index is 0.146. The Labute approximate surface area is 106 Å². The zero-order valence-corrected chi connectivity index (χ0v) is 10.6. The van der Waals surface area contributed by atoms with E-state index in [0.29, 0.717) is 17.3 Å². The maximum absolute atomic E-state index is 12.1. The topological polar surface area (TPSA) is 76.2 Å². The molecule has 3 aliphatic heterocycles. The van der Waals surface area contributed by atoms with Crippen LogP contribution in [0.4, 0.5) is 5.69 Å². The number of hydrogen-bond donors (Lipinski definition) is 2. The molecule has 3 aliphatic rings. The molecule has 6 heteroatoms. The normalized spacial score (nSPS) is 30.4. The highest BCUT2D eigenvalue weighted by Crippen LogP contribution is 2.27. The molecule has 0 spiro atoms. The molecule has 0 aromatic carbocycles. The Morgan fingerprint density at radius 1 is 1.50 bits per heavy atom. The Morgan fingerprint density at radius 3 is 2.72 bits per heavy atom. The molecule has 6 nitrogen and oxygen atoms in total. The number of nitrogens with one attached hydrogen (secondary N) is 1. The Morgan fingerprint density at radius 2 is 2.22 bits per heavy atom. The molecule has 4 heterocycles. The van der Waals surface area contributed by atoms with Crippen LogP contribution in [-0.4, -0.2) is 46.3 Å². The standard InChI is InChI=1S/C12H19N5O/c1-16-6-9(13)11(15-16)12(18)14-10-7-17-4-2-8(10)3-5-17/h6,8,10H,2-5,7,13H2,1H3,(H,14,18). The SMILES string of the molecule is Cn1cc(N)c(C(=O)NC2CN3CCC2CC3)n1. The van der Waals surface area contributed by atoms with Gasteiger partial charge in [0.1, 0.15) is 0 Å². The lowest BCUT2D eigenvalue weighted by atomic mass is 9.84. The van der Waals surface area contributed by atoms with Crippen LogP contribution in [0.25, 0.3) is 0 Å². The predicted octanol–water partition coefficient (Wildman–Crippen LogP) is -0.174. The Balaban J connectivity index is 1.69. The highest BCUT2D eigenvalue weighted by molar-refractivity contribution is 5.97. The van der Waals surface area contributed by atoms with Crippen molar-refractivity contribution in [2.75, 3.05) is 25.4 Å². The first-order chi connectivity index (χ1) is 8.63. The fourth-order valence-corrected chi connectivity index (χ4v) is 3.05. The average Bonchev–Trinajstić information content (AvgIpc) is 2.70. The van der Waals surface area contributed by atoms with Crippen LogP contribution in [0.5, 0.6) is 0 Å². The molecule has 0 radical (unpaired) electrons. The fourth-order valence-electron chi connectivity index (χ4n) is 3.05. The molecule has 1 aromatic heterocycles. The van der Waals surface area contributed by atoms with Crippen molar-refractivity contribution < 1.29 is 4.79 Å². The van der Waals surface area contributed by atoms with Gasteiger partial charge in [0, 0.05) is 25.8 Å². The van der Waals surface area contributed by atoms with Gasteiger partial charge in [-0.15, -0.1) is 0 Å². The second-order valence-electron chi connectivity index (χ2n) is 5.32. The molecule has 98 valence electrons. The molecule has 3 saturated heterocycles. The third-order valence-electron chi connectivity index (χ3n) is 4.04. The molecular weight excluding hydrogens is 230 g/mol. The van der Waals surface area contributed by atoms with E-state index in [1.165, 1.54) is 25.9 Å². The monoisotopic (exact) mass is 249 g/mol. The summed E-state index contributed by atoms with van der Waals surface area (Å²) in [6, 6.07) is 0.251. The number of nitrogen functional groups attached to an aromatic ring is 1. The number of hydrogen-bond acceptors (Lipinski definition) is 4. The number of nitrogens with zero attached hydrogens (tertiary/aromatic N) is 3. The van der Waals surface area contributed by atoms with Crippen molar-refractivity contribution in [3.05, 3.63) is 11.9 Å². The van der Waals surface area contributed by atoms with Gasteiger partial charge in [0.2, 0.25) is 0 Å². The third kappa shape index (κ3) is 1.96. The van der Waals surface area contributed by atoms with Crippen LogP contribution in [0, 0.1) is 5.92 Å². The number of fused-ring (bicyclic) bond motifs is 3. The van der Waals surface area contributed by atoms with Crippen molar-refractivity contribution >= 4 is 11.6 Å². The molecule has 1 atom stereocenters. The number of anilines is 1. The van der Waals surface area contributed by atoms with Gasteiger partial charge < -0.3 is 16.0 Å². The molecule has 0 saturated carbocycles. The maximum Gasteiger partial charge on any atom is 0.274 e. The zero-order valence-electron chi connectivity index (χ0n) is 10.6. The maximum atomic E-state index is 12.1. The van der Waals surface area contributed by atoms with Crippen molar-refractivity contribution in [3.63, 3.8) is 0 Å². The first kappa shape index (κ1) is 11.5. The minimum Gasteiger partial charge on any atom is -0.396 e. The fraction of sp³-hybridized carbons (Fsp3) is 0.667. The number of aryl methyl sites for hydroxylation is 1. The molecule has 1 amide bonds. The number of nitrogens with two attached hydrogens (primary N) is 1. The summed E-state index contributed by atoms with van der Waals surface area (Å²) < 4.78 is 1.57. The summed E-state index contributed by atoms with van der Waals surface area (Å²) in [5, 5.41) is 7.19. The second kappa shape index (κ2) is 4.28. The van der Waals surface area contributed by atoms with Crippen LogP contribution in [0.3, 0.4) is 0 Å². The van der Waals surface area contributed by atoms with Gasteiger partial charge in [-0.05, 0) is 31.8 Å². The molecule has 3 N–H and O–H groups in total. The molecule has 1 unspecified atom stereocenters. The van der Waals surface area contributed by atoms with Crippen LogP contribution in [0.1, 0.15) is 23.3 Å². The summed E-state index contributed by atoms with van der Waals surface area (Å²) in [6.45, 7) is 3.30. The van der Waals surface area contributed by atoms with E-state index in [9.17, 15) is 4.79 Å². The van der Waals surface area contributed by atoms with Crippen LogP contribution in [0.15, 0.2) is 6.20 Å². The lowest BCUT2D eigenvalue weighted by molar-refractivity contribution is 0.0618. The predicted molar refractivity (Wildman–Crippen MR) is 68.0 cm³/mol. The summed E-state index contributed by atoms with van der Waals surface area (Å²) in [5.41, 5.74) is 6.55. The summed E-state index contributed by atoms with van der Waals surface area (Å²) in [5.74, 6) is 0.468. The van der Waals surface area contributed by atoms with Crippen LogP contribution in [0.2, 0.25) is 0 Å². The average molecular weight is 249 g/mol. The van der Waals surface area contributed by atoms with Gasteiger partial charge in [-0.3, -0.25) is 9.48 Å². The number of aromatic nitrogens is 2. The van der Waals surface area contributed by atoms with E-state index in [4.69, 9.17) is 5.73 Å². The quantitative estimate of drug-likeness (QED) is 0.763. The summed E-state index contributed by atoms with van der Waals surface area (Å²) in [4.78, 5) is 14.5. The first-order valence-corrected chi connectivity index (χ1v) is 6.46. The highest BCUT2D eigenvalue weighted by atomic mass is 16.2. The van der Waals surface area contributed by atoms with Gasteiger partial charge in [0.15, 0.2) is 5.69 Å². The largest absolute Gasteiger partial charge is 0.396 e. The van der Waals surface area contributed by atoms with Gasteiger partial charge in [0.25, 0.3) is 5.91 Å². The highest BCUT2D eigenvalue weighted by Gasteiger charge is 2.35. The molecule has 1 aromatic rings. The van der Waals surface area contributed by atoms with Gasteiger partial charge in [0.05, 0.1) is 5.69 Å². The molecule has 18 heavy (non-hydrogen) atoms. The Hall–Kier alpha value is -1.56. The second-order valence-corrected chi connectivity index (χ2v) is 5.32. The van der Waals surface area contributed by atoms with E-state index in [0.717, 1.165) is 6.54 Å². The van der Waals surface area contributed by atoms with E-state index in [-0.39, 0.29) is 11.9 Å². The van der Waals surface area contributed by atoms with E-state index in [1.807, 2.05) is 0 Å². The van der Waals surface area contributed by atoms with E-state index in [1.54, 1.807) is 17.9 Å². The van der Waals surface area contributed by atoms with Crippen molar-refractivity contribution in [2.24, 2.45) is 13.0 Å². The van der Waals surface area contributed by atoms with Crippen molar-refractivity contribution in [1.82, 2.24) is 20.0 Å². The van der Waals surface area contributed by atoms with Gasteiger partial charge in [-0.2, -0.15) is 5.10 Å². The Bertz CT molecular complexity index is 461. The minimum atomic E-state index is -0.146. The van der Waals surface area contributed by atoms with Gasteiger partial charge in [-0.1, -0.05) is 0 Å². The van der Waals surface area contributed by atoms with Crippen molar-refractivity contribution in [2.45, 2.75) is 18.9 Å². The number of carbonyl (C=O) groups excluding carboxylic acids is 1. The smallest absolute Gasteiger partial charge is 0.274 e. The first-order valence-electron chi connectivity index (χ1n) is 6.46. The molecule has 4 rings (SSSR count). The molecular formula is C12H19N5O. The van der Waals surface area contributed by atoms with Crippen molar-refractivity contribution in [1.29, 1.82) is 0 Å². The third-order valence-corrected chi connectivity index (χ3v) is 4.04. The van der Waals surface area contributed by atoms with Gasteiger partial charge in [-0.25, -0.2) is 0 Å². The van der Waals surface area contributed by atoms with Crippen LogP contribution < -0.4 is 11.1 Å². The number of piperidine rings is 3. The number of carbonyl (C=O) groups is 1. The van der Waals surface area contributed by atoms with E-state index >= 15 is 0 Å². The van der Waals surface area contributed by atoms with Crippen LogP contribution in [-0.2, 0) is 7.05 Å². The molecule has 2 bridgehead atoms. The lowest BCUT2D eigenvalue weighted by Crippen LogP contribution is -2.57. The molecule has 0 aliphatic carbocycles. The van der Waals surface area contributed by atoms with Crippen molar-refractivity contribution in [3.8, 4) is 0 Å².